The zero-order valence-corrected chi connectivity index (χ0v) is 16.5. The Morgan fingerprint density at radius 2 is 1.50 bits per heavy atom. The zero-order chi connectivity index (χ0) is 18.6. The molecular formula is C22H29O3P. The second kappa shape index (κ2) is 8.52. The summed E-state index contributed by atoms with van der Waals surface area (Å²) in [6.45, 7) is 3.93. The third kappa shape index (κ3) is 3.96. The molecule has 1 aliphatic heterocycles. The number of hydrogen-bond acceptors (Lipinski definition) is 3. The van der Waals surface area contributed by atoms with Crippen molar-refractivity contribution in [2.45, 2.75) is 63.5 Å². The smallest absolute Gasteiger partial charge is 0.148 e. The molecule has 1 heterocycles. The summed E-state index contributed by atoms with van der Waals surface area (Å²) >= 11 is 0. The fourth-order valence-electron chi connectivity index (χ4n) is 3.82. The van der Waals surface area contributed by atoms with Crippen LogP contribution in [0.2, 0.25) is 0 Å². The highest BCUT2D eigenvalue weighted by atomic mass is 31.2. The van der Waals surface area contributed by atoms with Gasteiger partial charge in [0, 0.05) is 16.3 Å². The van der Waals surface area contributed by atoms with Crippen molar-refractivity contribution < 1.29 is 14.4 Å². The summed E-state index contributed by atoms with van der Waals surface area (Å²) in [7, 11) is -2.88. The lowest BCUT2D eigenvalue weighted by Gasteiger charge is -2.28. The van der Waals surface area contributed by atoms with E-state index in [9.17, 15) is 9.67 Å². The van der Waals surface area contributed by atoms with Crippen molar-refractivity contribution in [2.75, 3.05) is 0 Å². The number of aliphatic hydroxyl groups is 1. The summed E-state index contributed by atoms with van der Waals surface area (Å²) in [5.41, 5.74) is -0.0987. The molecule has 3 rings (SSSR count). The van der Waals surface area contributed by atoms with Gasteiger partial charge in [0.25, 0.3) is 0 Å². The van der Waals surface area contributed by atoms with Crippen molar-refractivity contribution in [1.82, 2.24) is 0 Å². The predicted octanol–water partition coefficient (Wildman–Crippen LogP) is 4.10. The molecule has 140 valence electrons. The summed E-state index contributed by atoms with van der Waals surface area (Å²) in [5.74, 6) is 0. The molecule has 0 saturated carbocycles. The monoisotopic (exact) mass is 372 g/mol. The van der Waals surface area contributed by atoms with Crippen LogP contribution in [-0.4, -0.2) is 29.1 Å². The first-order valence-electron chi connectivity index (χ1n) is 9.63. The van der Waals surface area contributed by atoms with Crippen LogP contribution in [0, 0.1) is 0 Å². The predicted molar refractivity (Wildman–Crippen MR) is 108 cm³/mol. The van der Waals surface area contributed by atoms with E-state index in [2.05, 4.69) is 6.92 Å². The number of aliphatic hydroxyl groups excluding tert-OH is 1. The van der Waals surface area contributed by atoms with Crippen LogP contribution < -0.4 is 10.6 Å². The lowest BCUT2D eigenvalue weighted by Crippen LogP contribution is -2.32. The van der Waals surface area contributed by atoms with E-state index in [1.54, 1.807) is 6.92 Å². The van der Waals surface area contributed by atoms with E-state index in [-0.39, 0.29) is 17.9 Å². The van der Waals surface area contributed by atoms with Crippen molar-refractivity contribution in [1.29, 1.82) is 0 Å². The highest BCUT2D eigenvalue weighted by Gasteiger charge is 2.54. The molecule has 1 aliphatic rings. The molecule has 0 bridgehead atoms. The van der Waals surface area contributed by atoms with Crippen molar-refractivity contribution in [3.05, 3.63) is 60.7 Å². The number of ether oxygens (including phenoxy) is 1. The number of benzene rings is 2. The first kappa shape index (κ1) is 19.4. The third-order valence-electron chi connectivity index (χ3n) is 5.27. The average molecular weight is 372 g/mol. The fourth-order valence-corrected chi connectivity index (χ4v) is 7.32. The molecule has 0 aliphatic carbocycles. The van der Waals surface area contributed by atoms with Gasteiger partial charge in [-0.05, 0) is 13.3 Å². The molecule has 4 atom stereocenters. The minimum atomic E-state index is -2.88. The molecule has 1 fully saturated rings. The van der Waals surface area contributed by atoms with Gasteiger partial charge in [-0.25, -0.2) is 0 Å². The van der Waals surface area contributed by atoms with Gasteiger partial charge in [-0.15, -0.1) is 0 Å². The van der Waals surface area contributed by atoms with Gasteiger partial charge in [0.1, 0.15) is 13.2 Å². The van der Waals surface area contributed by atoms with Crippen LogP contribution in [0.25, 0.3) is 0 Å². The van der Waals surface area contributed by atoms with E-state index < -0.39 is 13.2 Å². The van der Waals surface area contributed by atoms with Gasteiger partial charge in [-0.2, -0.15) is 0 Å². The Morgan fingerprint density at radius 3 is 1.92 bits per heavy atom. The SMILES string of the molecule is CCCCC[C@@H]([C@H]1O[C@@H]1[C@H](C)O)P(=O)(c1ccccc1)c1ccccc1. The highest BCUT2D eigenvalue weighted by Crippen LogP contribution is 2.56. The molecule has 0 unspecified atom stereocenters. The van der Waals surface area contributed by atoms with Crippen molar-refractivity contribution in [3.8, 4) is 0 Å². The summed E-state index contributed by atoms with van der Waals surface area (Å²) in [4.78, 5) is 0. The molecule has 1 N–H and O–H groups in total. The molecule has 0 radical (unpaired) electrons. The molecule has 0 amide bonds. The van der Waals surface area contributed by atoms with E-state index in [0.717, 1.165) is 36.3 Å². The summed E-state index contributed by atoms with van der Waals surface area (Å²) in [5, 5.41) is 11.7. The summed E-state index contributed by atoms with van der Waals surface area (Å²) < 4.78 is 20.4. The van der Waals surface area contributed by atoms with E-state index in [1.807, 2.05) is 60.7 Å². The van der Waals surface area contributed by atoms with Gasteiger partial charge in [0.05, 0.1) is 12.2 Å². The first-order valence-corrected chi connectivity index (χ1v) is 11.4. The Labute approximate surface area is 156 Å². The second-order valence-electron chi connectivity index (χ2n) is 7.20. The molecule has 0 spiro atoms. The fraction of sp³-hybridized carbons (Fsp3) is 0.455. The number of hydrogen-bond donors (Lipinski definition) is 1. The van der Waals surface area contributed by atoms with E-state index in [1.165, 1.54) is 0 Å². The van der Waals surface area contributed by atoms with Crippen LogP contribution in [0.1, 0.15) is 39.5 Å². The topological polar surface area (TPSA) is 49.8 Å². The second-order valence-corrected chi connectivity index (χ2v) is 10.2. The standard InChI is InChI=1S/C22H29O3P/c1-3-4-7-16-20(22-21(25-22)17(2)23)26(24,18-12-8-5-9-13-18)19-14-10-6-11-15-19/h5-6,8-15,17,20-23H,3-4,7,16H2,1-2H3/t17-,20-,21+,22+/m0/s1. The molecule has 4 heteroatoms. The van der Waals surface area contributed by atoms with Crippen LogP contribution in [0.15, 0.2) is 60.7 Å². The van der Waals surface area contributed by atoms with Crippen molar-refractivity contribution in [2.24, 2.45) is 0 Å². The molecule has 0 aromatic heterocycles. The summed E-state index contributed by atoms with van der Waals surface area (Å²) in [6.07, 6.45) is 3.24. The highest BCUT2D eigenvalue weighted by molar-refractivity contribution is 7.79. The Bertz CT molecular complexity index is 686. The Kier molecular flexibility index (Phi) is 6.34. The average Bonchev–Trinajstić information content (AvgIpc) is 3.47. The minimum absolute atomic E-state index is 0.0987. The van der Waals surface area contributed by atoms with E-state index in [0.29, 0.717) is 0 Å². The normalized spacial score (nSPS) is 22.0. The molecular weight excluding hydrogens is 343 g/mol. The van der Waals surface area contributed by atoms with Crippen LogP contribution in [0.5, 0.6) is 0 Å². The quantitative estimate of drug-likeness (QED) is 0.410. The van der Waals surface area contributed by atoms with Gasteiger partial charge in [-0.3, -0.25) is 0 Å². The Balaban J connectivity index is 2.03. The maximum absolute atomic E-state index is 14.6. The minimum Gasteiger partial charge on any atom is -0.391 e. The maximum atomic E-state index is 14.6. The van der Waals surface area contributed by atoms with E-state index in [4.69, 9.17) is 4.74 Å². The molecule has 3 nitrogen and oxygen atoms in total. The third-order valence-corrected chi connectivity index (χ3v) is 8.88. The van der Waals surface area contributed by atoms with Crippen LogP contribution >= 0.6 is 7.14 Å². The van der Waals surface area contributed by atoms with Gasteiger partial charge < -0.3 is 14.4 Å². The molecule has 2 aromatic rings. The van der Waals surface area contributed by atoms with Gasteiger partial charge in [0.2, 0.25) is 0 Å². The van der Waals surface area contributed by atoms with Gasteiger partial charge in [-0.1, -0.05) is 86.8 Å². The lowest BCUT2D eigenvalue weighted by molar-refractivity contribution is 0.152. The largest absolute Gasteiger partial charge is 0.391 e. The van der Waals surface area contributed by atoms with Gasteiger partial charge >= 0.3 is 0 Å². The molecule has 2 aromatic carbocycles. The Hall–Kier alpha value is -1.41. The summed E-state index contributed by atoms with van der Waals surface area (Å²) in [6, 6.07) is 19.6. The van der Waals surface area contributed by atoms with E-state index >= 15 is 0 Å². The number of epoxide rings is 1. The number of unbranched alkanes of at least 4 members (excludes halogenated alkanes) is 2. The molecule has 26 heavy (non-hydrogen) atoms. The number of rotatable bonds is 9. The van der Waals surface area contributed by atoms with Crippen molar-refractivity contribution in [3.63, 3.8) is 0 Å². The van der Waals surface area contributed by atoms with Gasteiger partial charge in [0.15, 0.2) is 0 Å². The Morgan fingerprint density at radius 1 is 0.962 bits per heavy atom. The van der Waals surface area contributed by atoms with Crippen LogP contribution in [0.4, 0.5) is 0 Å². The van der Waals surface area contributed by atoms with Crippen LogP contribution in [0.3, 0.4) is 0 Å². The molecule has 1 saturated heterocycles. The maximum Gasteiger partial charge on any atom is 0.148 e. The zero-order valence-electron chi connectivity index (χ0n) is 15.6. The van der Waals surface area contributed by atoms with Crippen molar-refractivity contribution >= 4 is 17.8 Å². The van der Waals surface area contributed by atoms with Crippen LogP contribution in [-0.2, 0) is 9.30 Å². The lowest BCUT2D eigenvalue weighted by atomic mass is 10.1. The first-order chi connectivity index (χ1) is 12.6.